The molecule has 1 amide bonds. The van der Waals surface area contributed by atoms with Crippen LogP contribution in [0.1, 0.15) is 41.3 Å². The molecule has 3 rings (SSSR count). The molecule has 5 nitrogen and oxygen atoms in total. The van der Waals surface area contributed by atoms with Crippen molar-refractivity contribution >= 4 is 15.9 Å². The van der Waals surface area contributed by atoms with Gasteiger partial charge in [-0.1, -0.05) is 43.7 Å². The van der Waals surface area contributed by atoms with Crippen molar-refractivity contribution in [1.29, 1.82) is 0 Å². The van der Waals surface area contributed by atoms with Crippen LogP contribution < -0.4 is 5.32 Å². The van der Waals surface area contributed by atoms with Crippen LogP contribution in [0.4, 0.5) is 0 Å². The molecule has 0 unspecified atom stereocenters. The van der Waals surface area contributed by atoms with E-state index in [1.807, 2.05) is 24.3 Å². The van der Waals surface area contributed by atoms with Crippen LogP contribution in [-0.4, -0.2) is 31.7 Å². The zero-order valence-corrected chi connectivity index (χ0v) is 15.8. The number of unbranched alkanes of at least 4 members (excludes halogenated alkanes) is 1. The average Bonchev–Trinajstić information content (AvgIpc) is 2.67. The van der Waals surface area contributed by atoms with Gasteiger partial charge < -0.3 is 5.32 Å². The molecule has 0 fully saturated rings. The molecule has 0 radical (unpaired) electrons. The topological polar surface area (TPSA) is 66.5 Å². The van der Waals surface area contributed by atoms with E-state index in [1.54, 1.807) is 18.2 Å². The van der Waals surface area contributed by atoms with Gasteiger partial charge >= 0.3 is 0 Å². The van der Waals surface area contributed by atoms with Crippen molar-refractivity contribution < 1.29 is 13.2 Å². The number of hydrogen-bond acceptors (Lipinski definition) is 3. The number of sulfonamides is 1. The highest BCUT2D eigenvalue weighted by Crippen LogP contribution is 2.25. The van der Waals surface area contributed by atoms with Gasteiger partial charge in [0.1, 0.15) is 0 Å². The summed E-state index contributed by atoms with van der Waals surface area (Å²) in [6.07, 6.45) is 2.59. The van der Waals surface area contributed by atoms with E-state index in [0.29, 0.717) is 31.6 Å². The fourth-order valence-corrected chi connectivity index (χ4v) is 4.57. The van der Waals surface area contributed by atoms with Crippen LogP contribution in [0, 0.1) is 0 Å². The van der Waals surface area contributed by atoms with Gasteiger partial charge in [0, 0.05) is 25.2 Å². The van der Waals surface area contributed by atoms with Gasteiger partial charge in [-0.2, -0.15) is 4.31 Å². The molecule has 0 atom stereocenters. The quantitative estimate of drug-likeness (QED) is 0.793. The van der Waals surface area contributed by atoms with E-state index in [4.69, 9.17) is 0 Å². The summed E-state index contributed by atoms with van der Waals surface area (Å²) >= 11 is 0. The molecule has 0 aromatic heterocycles. The first-order valence-electron chi connectivity index (χ1n) is 8.97. The predicted molar refractivity (Wildman–Crippen MR) is 101 cm³/mol. The highest BCUT2D eigenvalue weighted by atomic mass is 32.2. The van der Waals surface area contributed by atoms with Crippen molar-refractivity contribution in [3.8, 4) is 0 Å². The van der Waals surface area contributed by atoms with Gasteiger partial charge in [-0.25, -0.2) is 8.42 Å². The van der Waals surface area contributed by atoms with E-state index in [1.165, 1.54) is 15.9 Å². The van der Waals surface area contributed by atoms with Gasteiger partial charge in [0.05, 0.1) is 4.90 Å². The number of rotatable bonds is 6. The molecule has 1 N–H and O–H groups in total. The Morgan fingerprint density at radius 3 is 2.65 bits per heavy atom. The highest BCUT2D eigenvalue weighted by molar-refractivity contribution is 7.89. The lowest BCUT2D eigenvalue weighted by Gasteiger charge is -2.28. The number of amides is 1. The van der Waals surface area contributed by atoms with Gasteiger partial charge in [0.2, 0.25) is 10.0 Å². The summed E-state index contributed by atoms with van der Waals surface area (Å²) < 4.78 is 27.5. The van der Waals surface area contributed by atoms with Gasteiger partial charge in [-0.3, -0.25) is 4.79 Å². The number of nitrogens with one attached hydrogen (secondary N) is 1. The van der Waals surface area contributed by atoms with Gasteiger partial charge in [-0.15, -0.1) is 0 Å². The Bertz CT molecular complexity index is 893. The molecular weight excluding hydrogens is 348 g/mol. The molecule has 1 aliphatic rings. The first-order valence-corrected chi connectivity index (χ1v) is 10.4. The fraction of sp³-hybridized carbons (Fsp3) is 0.350. The number of hydrogen-bond donors (Lipinski definition) is 1. The largest absolute Gasteiger partial charge is 0.352 e. The van der Waals surface area contributed by atoms with Crippen molar-refractivity contribution in [2.45, 2.75) is 37.6 Å². The van der Waals surface area contributed by atoms with E-state index in [-0.39, 0.29) is 10.8 Å². The Morgan fingerprint density at radius 1 is 1.12 bits per heavy atom. The average molecular weight is 372 g/mol. The van der Waals surface area contributed by atoms with Crippen molar-refractivity contribution in [3.05, 3.63) is 65.2 Å². The standard InChI is InChI=1S/C20H24N2O3S/c1-2-3-12-21-20(23)17-9-6-10-19(14-17)26(24,25)22-13-11-16-7-4-5-8-18(16)15-22/h4-10,14H,2-3,11-13,15H2,1H3,(H,21,23). The van der Waals surface area contributed by atoms with E-state index < -0.39 is 10.0 Å². The van der Waals surface area contributed by atoms with Crippen LogP contribution in [-0.2, 0) is 23.0 Å². The van der Waals surface area contributed by atoms with E-state index in [0.717, 1.165) is 18.4 Å². The normalized spacial score (nSPS) is 14.7. The molecule has 0 bridgehead atoms. The van der Waals surface area contributed by atoms with Crippen molar-refractivity contribution in [2.75, 3.05) is 13.1 Å². The molecule has 2 aromatic carbocycles. The number of nitrogens with zero attached hydrogens (tertiary/aromatic N) is 1. The smallest absolute Gasteiger partial charge is 0.251 e. The number of benzene rings is 2. The summed E-state index contributed by atoms with van der Waals surface area (Å²) in [6, 6.07) is 14.2. The summed E-state index contributed by atoms with van der Waals surface area (Å²) in [6.45, 7) is 3.46. The minimum atomic E-state index is -3.63. The van der Waals surface area contributed by atoms with Crippen LogP contribution in [0.3, 0.4) is 0 Å². The zero-order valence-electron chi connectivity index (χ0n) is 14.9. The Kier molecular flexibility index (Phi) is 5.74. The maximum atomic E-state index is 13.0. The first-order chi connectivity index (χ1) is 12.5. The summed E-state index contributed by atoms with van der Waals surface area (Å²) in [5.74, 6) is -0.237. The van der Waals surface area contributed by atoms with E-state index in [9.17, 15) is 13.2 Å². The first kappa shape index (κ1) is 18.6. The molecule has 0 spiro atoms. The lowest BCUT2D eigenvalue weighted by atomic mass is 10.0. The van der Waals surface area contributed by atoms with E-state index in [2.05, 4.69) is 12.2 Å². The van der Waals surface area contributed by atoms with Gasteiger partial charge in [0.15, 0.2) is 0 Å². The Labute approximate surface area is 155 Å². The molecule has 0 saturated carbocycles. The molecule has 2 aromatic rings. The summed E-state index contributed by atoms with van der Waals surface area (Å²) in [7, 11) is -3.63. The molecule has 0 saturated heterocycles. The molecule has 1 heterocycles. The molecule has 0 aliphatic carbocycles. The molecule has 138 valence electrons. The van der Waals surface area contributed by atoms with Crippen LogP contribution >= 0.6 is 0 Å². The Morgan fingerprint density at radius 2 is 1.88 bits per heavy atom. The predicted octanol–water partition coefficient (Wildman–Crippen LogP) is 2.96. The third kappa shape index (κ3) is 3.97. The highest BCUT2D eigenvalue weighted by Gasteiger charge is 2.28. The third-order valence-electron chi connectivity index (χ3n) is 4.65. The second-order valence-electron chi connectivity index (χ2n) is 6.49. The monoisotopic (exact) mass is 372 g/mol. The van der Waals surface area contributed by atoms with Crippen LogP contribution in [0.25, 0.3) is 0 Å². The second-order valence-corrected chi connectivity index (χ2v) is 8.43. The summed E-state index contributed by atoms with van der Waals surface area (Å²) in [5, 5.41) is 2.82. The maximum Gasteiger partial charge on any atom is 0.251 e. The minimum absolute atomic E-state index is 0.167. The molecular formula is C20H24N2O3S. The third-order valence-corrected chi connectivity index (χ3v) is 6.49. The Hall–Kier alpha value is -2.18. The lowest BCUT2D eigenvalue weighted by Crippen LogP contribution is -2.36. The molecule has 26 heavy (non-hydrogen) atoms. The summed E-state index contributed by atoms with van der Waals surface area (Å²) in [5.41, 5.74) is 2.61. The zero-order chi connectivity index (χ0) is 18.6. The van der Waals surface area contributed by atoms with Crippen molar-refractivity contribution in [3.63, 3.8) is 0 Å². The van der Waals surface area contributed by atoms with Crippen LogP contribution in [0.15, 0.2) is 53.4 Å². The van der Waals surface area contributed by atoms with Crippen LogP contribution in [0.2, 0.25) is 0 Å². The lowest BCUT2D eigenvalue weighted by molar-refractivity contribution is 0.0953. The van der Waals surface area contributed by atoms with Gasteiger partial charge in [-0.05, 0) is 42.2 Å². The molecule has 1 aliphatic heterocycles. The SMILES string of the molecule is CCCCNC(=O)c1cccc(S(=O)(=O)N2CCc3ccccc3C2)c1. The number of carbonyl (C=O) groups excluding carboxylic acids is 1. The van der Waals surface area contributed by atoms with Gasteiger partial charge in [0.25, 0.3) is 5.91 Å². The minimum Gasteiger partial charge on any atom is -0.352 e. The molecule has 6 heteroatoms. The van der Waals surface area contributed by atoms with Crippen molar-refractivity contribution in [1.82, 2.24) is 9.62 Å². The van der Waals surface area contributed by atoms with E-state index >= 15 is 0 Å². The maximum absolute atomic E-state index is 13.0. The van der Waals surface area contributed by atoms with Crippen molar-refractivity contribution in [2.24, 2.45) is 0 Å². The number of carbonyl (C=O) groups is 1. The van der Waals surface area contributed by atoms with Crippen LogP contribution in [0.5, 0.6) is 0 Å². The fourth-order valence-electron chi connectivity index (χ4n) is 3.10. The second kappa shape index (κ2) is 8.01. The Balaban J connectivity index is 1.80. The summed E-state index contributed by atoms with van der Waals surface area (Å²) in [4.78, 5) is 12.4. The number of fused-ring (bicyclic) bond motifs is 1.